The SMILES string of the molecule is CC/C=C\C/C=C\C/C=C\C/C=C\C/C=C\C/C=C\CCC(=O)OC(COC(=O)CCCCCCCCCCCC)COP(=O)(O)OC. The van der Waals surface area contributed by atoms with Gasteiger partial charge in [0, 0.05) is 20.0 Å². The fourth-order valence-electron chi connectivity index (χ4n) is 4.45. The number of esters is 2. The van der Waals surface area contributed by atoms with Crippen LogP contribution < -0.4 is 0 Å². The Morgan fingerprint density at radius 1 is 0.604 bits per heavy atom. The largest absolute Gasteiger partial charge is 0.472 e. The van der Waals surface area contributed by atoms with Gasteiger partial charge in [0.15, 0.2) is 6.10 Å². The number of hydrogen-bond acceptors (Lipinski definition) is 7. The van der Waals surface area contributed by atoms with Crippen LogP contribution in [-0.4, -0.2) is 43.3 Å². The third-order valence-electron chi connectivity index (χ3n) is 7.23. The molecule has 1 N–H and O–H groups in total. The molecule has 0 aromatic heterocycles. The first kappa shape index (κ1) is 45.5. The van der Waals surface area contributed by atoms with Gasteiger partial charge in [-0.05, 0) is 51.4 Å². The number of unbranched alkanes of at least 4 members (excludes halogenated alkanes) is 9. The number of phosphoric ester groups is 1. The molecule has 0 aliphatic carbocycles. The van der Waals surface area contributed by atoms with E-state index < -0.39 is 32.5 Å². The van der Waals surface area contributed by atoms with E-state index in [-0.39, 0.29) is 19.4 Å². The van der Waals surface area contributed by atoms with Crippen LogP contribution in [0.25, 0.3) is 0 Å². The minimum absolute atomic E-state index is 0.117. The Bertz CT molecular complexity index is 1010. The molecular formula is C39H65O8P. The summed E-state index contributed by atoms with van der Waals surface area (Å²) in [4.78, 5) is 34.2. The Morgan fingerprint density at radius 3 is 1.54 bits per heavy atom. The maximum absolute atomic E-state index is 12.4. The molecule has 0 heterocycles. The van der Waals surface area contributed by atoms with Gasteiger partial charge < -0.3 is 14.4 Å². The van der Waals surface area contributed by atoms with Crippen LogP contribution in [0, 0.1) is 0 Å². The maximum Gasteiger partial charge on any atom is 0.472 e. The molecule has 0 rings (SSSR count). The number of carbonyl (C=O) groups excluding carboxylic acids is 2. The second-order valence-corrected chi connectivity index (χ2v) is 13.2. The molecule has 0 radical (unpaired) electrons. The van der Waals surface area contributed by atoms with Crippen molar-refractivity contribution in [3.05, 3.63) is 72.9 Å². The van der Waals surface area contributed by atoms with E-state index >= 15 is 0 Å². The molecule has 48 heavy (non-hydrogen) atoms. The normalized spacial score (nSPS) is 14.3. The lowest BCUT2D eigenvalue weighted by atomic mass is 10.1. The lowest BCUT2D eigenvalue weighted by Crippen LogP contribution is -2.29. The monoisotopic (exact) mass is 692 g/mol. The average Bonchev–Trinajstić information content (AvgIpc) is 3.07. The van der Waals surface area contributed by atoms with Crippen molar-refractivity contribution in [3.63, 3.8) is 0 Å². The van der Waals surface area contributed by atoms with Gasteiger partial charge in [0.25, 0.3) is 0 Å². The highest BCUT2D eigenvalue weighted by atomic mass is 31.2. The average molecular weight is 693 g/mol. The highest BCUT2D eigenvalue weighted by Gasteiger charge is 2.24. The Hall–Kier alpha value is -2.51. The minimum Gasteiger partial charge on any atom is -0.462 e. The molecule has 0 amide bonds. The van der Waals surface area contributed by atoms with E-state index in [0.29, 0.717) is 6.42 Å². The van der Waals surface area contributed by atoms with Crippen LogP contribution in [0.2, 0.25) is 0 Å². The van der Waals surface area contributed by atoms with Crippen molar-refractivity contribution >= 4 is 19.8 Å². The van der Waals surface area contributed by atoms with Gasteiger partial charge in [-0.2, -0.15) is 0 Å². The smallest absolute Gasteiger partial charge is 0.462 e. The van der Waals surface area contributed by atoms with Gasteiger partial charge in [-0.1, -0.05) is 145 Å². The Balaban J connectivity index is 4.24. The zero-order valence-corrected chi connectivity index (χ0v) is 31.0. The molecule has 0 saturated heterocycles. The van der Waals surface area contributed by atoms with E-state index in [0.717, 1.165) is 64.9 Å². The minimum atomic E-state index is -4.28. The number of carbonyl (C=O) groups is 2. The quantitative estimate of drug-likeness (QED) is 0.0321. The lowest BCUT2D eigenvalue weighted by molar-refractivity contribution is -0.161. The first-order valence-corrected chi connectivity index (χ1v) is 19.6. The van der Waals surface area contributed by atoms with Crippen LogP contribution in [0.1, 0.15) is 136 Å². The van der Waals surface area contributed by atoms with Crippen molar-refractivity contribution in [3.8, 4) is 0 Å². The third kappa shape index (κ3) is 33.4. The van der Waals surface area contributed by atoms with E-state index in [4.69, 9.17) is 14.0 Å². The van der Waals surface area contributed by atoms with E-state index in [2.05, 4.69) is 79.1 Å². The molecule has 0 spiro atoms. The molecule has 9 heteroatoms. The van der Waals surface area contributed by atoms with Gasteiger partial charge in [0.05, 0.1) is 6.61 Å². The van der Waals surface area contributed by atoms with Crippen LogP contribution in [0.3, 0.4) is 0 Å². The Kier molecular flexibility index (Phi) is 32.6. The number of allylic oxidation sites excluding steroid dienone is 12. The van der Waals surface area contributed by atoms with Gasteiger partial charge in [-0.15, -0.1) is 0 Å². The van der Waals surface area contributed by atoms with Gasteiger partial charge in [-0.3, -0.25) is 18.6 Å². The fourth-order valence-corrected chi connectivity index (χ4v) is 4.91. The van der Waals surface area contributed by atoms with Crippen molar-refractivity contribution < 1.29 is 37.6 Å². The first-order chi connectivity index (χ1) is 23.3. The summed E-state index contributed by atoms with van der Waals surface area (Å²) in [6.07, 6.45) is 42.6. The predicted octanol–water partition coefficient (Wildman–Crippen LogP) is 11.0. The lowest BCUT2D eigenvalue weighted by Gasteiger charge is -2.19. The molecule has 0 saturated carbocycles. The number of rotatable bonds is 32. The zero-order valence-electron chi connectivity index (χ0n) is 30.1. The van der Waals surface area contributed by atoms with Crippen LogP contribution in [0.5, 0.6) is 0 Å². The van der Waals surface area contributed by atoms with Crippen LogP contribution in [-0.2, 0) is 32.7 Å². The van der Waals surface area contributed by atoms with Crippen molar-refractivity contribution in [2.75, 3.05) is 20.3 Å². The zero-order chi connectivity index (χ0) is 35.4. The summed E-state index contributed by atoms with van der Waals surface area (Å²) in [5, 5.41) is 0. The van der Waals surface area contributed by atoms with Crippen molar-refractivity contribution in [2.24, 2.45) is 0 Å². The Morgan fingerprint density at radius 2 is 1.06 bits per heavy atom. The Labute approximate surface area is 292 Å². The standard InChI is InChI=1S/C39H65O8P/c1-4-6-8-10-12-14-16-17-18-19-20-21-22-23-24-26-28-30-32-34-39(41)47-37(36-46-48(42,43)44-3)35-45-38(40)33-31-29-27-25-15-13-11-9-7-5-2/h6,8,12,14,17-18,20-21,23-24,28,30,37H,4-5,7,9-11,13,15-16,19,22,25-27,29,31-36H2,1-3H3,(H,42,43)/b8-6-,14-12-,18-17-,21-20-,24-23-,30-28-. The summed E-state index contributed by atoms with van der Waals surface area (Å²) in [5.74, 6) is -0.911. The molecule has 0 fully saturated rings. The van der Waals surface area contributed by atoms with E-state index in [1.807, 2.05) is 12.2 Å². The highest BCUT2D eigenvalue weighted by Crippen LogP contribution is 2.42. The van der Waals surface area contributed by atoms with Crippen molar-refractivity contribution in [2.45, 2.75) is 142 Å². The number of ether oxygens (including phenoxy) is 2. The van der Waals surface area contributed by atoms with Gasteiger partial charge in [0.1, 0.15) is 6.61 Å². The summed E-state index contributed by atoms with van der Waals surface area (Å²) >= 11 is 0. The van der Waals surface area contributed by atoms with E-state index in [1.165, 1.54) is 44.9 Å². The summed E-state index contributed by atoms with van der Waals surface area (Å²) < 4.78 is 31.7. The molecule has 0 aliphatic heterocycles. The van der Waals surface area contributed by atoms with Crippen LogP contribution in [0.4, 0.5) is 0 Å². The number of phosphoric acid groups is 1. The summed E-state index contributed by atoms with van der Waals surface area (Å²) in [7, 11) is -3.23. The first-order valence-electron chi connectivity index (χ1n) is 18.1. The topological polar surface area (TPSA) is 108 Å². The molecule has 274 valence electrons. The summed E-state index contributed by atoms with van der Waals surface area (Å²) in [5.41, 5.74) is 0. The van der Waals surface area contributed by atoms with Gasteiger partial charge >= 0.3 is 19.8 Å². The molecule has 0 bridgehead atoms. The summed E-state index contributed by atoms with van der Waals surface area (Å²) in [6, 6.07) is 0. The van der Waals surface area contributed by atoms with Gasteiger partial charge in [0.2, 0.25) is 0 Å². The third-order valence-corrected chi connectivity index (χ3v) is 8.17. The van der Waals surface area contributed by atoms with Gasteiger partial charge in [-0.25, -0.2) is 4.57 Å². The number of hydrogen-bond donors (Lipinski definition) is 1. The maximum atomic E-state index is 12.4. The van der Waals surface area contributed by atoms with Crippen LogP contribution >= 0.6 is 7.82 Å². The summed E-state index contributed by atoms with van der Waals surface area (Å²) in [6.45, 7) is 3.67. The molecule has 0 aromatic carbocycles. The molecule has 0 aliphatic rings. The van der Waals surface area contributed by atoms with Crippen LogP contribution in [0.15, 0.2) is 72.9 Å². The van der Waals surface area contributed by atoms with Crippen molar-refractivity contribution in [1.29, 1.82) is 0 Å². The molecule has 8 nitrogen and oxygen atoms in total. The highest BCUT2D eigenvalue weighted by molar-refractivity contribution is 7.47. The predicted molar refractivity (Wildman–Crippen MR) is 198 cm³/mol. The molecule has 2 unspecified atom stereocenters. The molecular weight excluding hydrogens is 627 g/mol. The second kappa shape index (κ2) is 34.4. The molecule has 2 atom stereocenters. The van der Waals surface area contributed by atoms with Crippen molar-refractivity contribution in [1.82, 2.24) is 0 Å². The van der Waals surface area contributed by atoms with E-state index in [1.54, 1.807) is 0 Å². The molecule has 0 aromatic rings. The van der Waals surface area contributed by atoms with E-state index in [9.17, 15) is 19.0 Å². The second-order valence-electron chi connectivity index (χ2n) is 11.6. The fraction of sp³-hybridized carbons (Fsp3) is 0.641.